The van der Waals surface area contributed by atoms with Crippen molar-refractivity contribution in [3.8, 4) is 5.69 Å². The Morgan fingerprint density at radius 3 is 2.35 bits per heavy atom. The highest BCUT2D eigenvalue weighted by molar-refractivity contribution is 5.81. The lowest BCUT2D eigenvalue weighted by Gasteiger charge is -2.32. The predicted molar refractivity (Wildman–Crippen MR) is 123 cm³/mol. The molecule has 0 radical (unpaired) electrons. The van der Waals surface area contributed by atoms with Crippen molar-refractivity contribution in [1.29, 1.82) is 0 Å². The second kappa shape index (κ2) is 8.87. The molecule has 0 amide bonds. The number of ether oxygens (including phenoxy) is 1. The Bertz CT molecular complexity index is 1280. The number of rotatable bonds is 5. The maximum Gasteiger partial charge on any atom is 0.425 e. The van der Waals surface area contributed by atoms with Gasteiger partial charge in [-0.1, -0.05) is 48.5 Å². The summed E-state index contributed by atoms with van der Waals surface area (Å²) in [6, 6.07) is 19.7. The van der Waals surface area contributed by atoms with Crippen LogP contribution in [0.2, 0.25) is 0 Å². The molecular weight excluding hydrogens is 443 g/mol. The Kier molecular flexibility index (Phi) is 5.89. The number of hydrogen-bond acceptors (Lipinski definition) is 4. The van der Waals surface area contributed by atoms with Gasteiger partial charge in [-0.25, -0.2) is 4.68 Å². The maximum atomic E-state index is 14.4. The Morgan fingerprint density at radius 2 is 1.62 bits per heavy atom. The summed E-state index contributed by atoms with van der Waals surface area (Å²) in [4.78, 5) is 2.12. The number of benzene rings is 3. The van der Waals surface area contributed by atoms with Gasteiger partial charge in [0.25, 0.3) is 0 Å². The molecule has 176 valence electrons. The molecule has 1 aliphatic heterocycles. The summed E-state index contributed by atoms with van der Waals surface area (Å²) in [5.74, 6) is 0. The molecule has 8 heteroatoms. The van der Waals surface area contributed by atoms with Crippen molar-refractivity contribution in [3.63, 3.8) is 0 Å². The van der Waals surface area contributed by atoms with E-state index < -0.39 is 11.8 Å². The Morgan fingerprint density at radius 1 is 0.882 bits per heavy atom. The van der Waals surface area contributed by atoms with Crippen molar-refractivity contribution in [1.82, 2.24) is 14.7 Å². The highest BCUT2D eigenvalue weighted by Gasteiger charge is 2.56. The van der Waals surface area contributed by atoms with E-state index in [9.17, 15) is 18.3 Å². The van der Waals surface area contributed by atoms with Gasteiger partial charge in [-0.15, -0.1) is 0 Å². The first kappa shape index (κ1) is 22.6. The minimum atomic E-state index is -4.92. The van der Waals surface area contributed by atoms with E-state index in [2.05, 4.69) is 10.00 Å². The van der Waals surface area contributed by atoms with Crippen molar-refractivity contribution in [2.24, 2.45) is 0 Å². The molecular formula is C26H24F3N3O2. The summed E-state index contributed by atoms with van der Waals surface area (Å²) in [7, 11) is 0. The molecule has 4 aromatic rings. The van der Waals surface area contributed by atoms with Crippen LogP contribution in [-0.4, -0.2) is 52.3 Å². The number of nitrogens with zero attached hydrogens (tertiary/aromatic N) is 3. The number of alkyl halides is 3. The van der Waals surface area contributed by atoms with Crippen molar-refractivity contribution in [2.75, 3.05) is 26.3 Å². The first-order valence-electron chi connectivity index (χ1n) is 11.1. The number of para-hydroxylation sites is 1. The standard InChI is InChI=1S/C26H24F3N3O2/c27-26(28,29)25(33,21-6-4-5-19(15-21)18-31-11-13-34-14-12-31)22-9-10-24-20(16-22)17-30-32(24)23-7-2-1-3-8-23/h1-10,15-17,33H,11-14,18H2. The first-order chi connectivity index (χ1) is 16.4. The Labute approximate surface area is 195 Å². The summed E-state index contributed by atoms with van der Waals surface area (Å²) >= 11 is 0. The van der Waals surface area contributed by atoms with Gasteiger partial charge < -0.3 is 9.84 Å². The molecule has 1 saturated heterocycles. The van der Waals surface area contributed by atoms with Gasteiger partial charge in [-0.3, -0.25) is 4.90 Å². The molecule has 0 aliphatic carbocycles. The van der Waals surface area contributed by atoms with Crippen LogP contribution in [0.4, 0.5) is 13.2 Å². The van der Waals surface area contributed by atoms with Gasteiger partial charge in [-0.2, -0.15) is 18.3 Å². The molecule has 5 rings (SSSR count). The minimum Gasteiger partial charge on any atom is -0.379 e. The molecule has 34 heavy (non-hydrogen) atoms. The molecule has 3 aromatic carbocycles. The highest BCUT2D eigenvalue weighted by Crippen LogP contribution is 2.45. The molecule has 0 bridgehead atoms. The average Bonchev–Trinajstić information content (AvgIpc) is 3.27. The van der Waals surface area contributed by atoms with Crippen molar-refractivity contribution in [2.45, 2.75) is 18.3 Å². The van der Waals surface area contributed by atoms with E-state index in [1.54, 1.807) is 22.9 Å². The van der Waals surface area contributed by atoms with Gasteiger partial charge in [0.15, 0.2) is 0 Å². The van der Waals surface area contributed by atoms with Crippen LogP contribution >= 0.6 is 0 Å². The van der Waals surface area contributed by atoms with E-state index in [1.165, 1.54) is 30.5 Å². The molecule has 1 aliphatic rings. The molecule has 2 heterocycles. The number of hydrogen-bond donors (Lipinski definition) is 1. The van der Waals surface area contributed by atoms with Crippen molar-refractivity contribution < 1.29 is 23.0 Å². The van der Waals surface area contributed by atoms with Crippen LogP contribution in [-0.2, 0) is 16.9 Å². The zero-order valence-corrected chi connectivity index (χ0v) is 18.4. The summed E-state index contributed by atoms with van der Waals surface area (Å²) in [6.07, 6.45) is -3.41. The second-order valence-electron chi connectivity index (χ2n) is 8.46. The van der Waals surface area contributed by atoms with Gasteiger partial charge in [0.05, 0.1) is 30.6 Å². The number of fused-ring (bicyclic) bond motifs is 1. The first-order valence-corrected chi connectivity index (χ1v) is 11.1. The van der Waals surface area contributed by atoms with Crippen molar-refractivity contribution in [3.05, 3.63) is 95.7 Å². The number of morpholine rings is 1. The SMILES string of the molecule is OC(c1cccc(CN2CCOCC2)c1)(c1ccc2c(cnn2-c2ccccc2)c1)C(F)(F)F. The smallest absolute Gasteiger partial charge is 0.379 e. The maximum absolute atomic E-state index is 14.4. The molecule has 1 atom stereocenters. The normalized spacial score (nSPS) is 17.1. The van der Waals surface area contributed by atoms with Crippen LogP contribution in [0.5, 0.6) is 0 Å². The van der Waals surface area contributed by atoms with Crippen LogP contribution in [0.25, 0.3) is 16.6 Å². The summed E-state index contributed by atoms with van der Waals surface area (Å²) < 4.78 is 50.3. The summed E-state index contributed by atoms with van der Waals surface area (Å²) in [5, 5.41) is 16.1. The topological polar surface area (TPSA) is 50.5 Å². The van der Waals surface area contributed by atoms with E-state index in [0.29, 0.717) is 36.2 Å². The molecule has 5 nitrogen and oxygen atoms in total. The quantitative estimate of drug-likeness (QED) is 0.464. The van der Waals surface area contributed by atoms with Crippen molar-refractivity contribution >= 4 is 10.9 Å². The summed E-state index contributed by atoms with van der Waals surface area (Å²) in [5.41, 5.74) is -1.45. The van der Waals surface area contributed by atoms with Crippen LogP contribution in [0.3, 0.4) is 0 Å². The number of halogens is 3. The largest absolute Gasteiger partial charge is 0.425 e. The third-order valence-corrected chi connectivity index (χ3v) is 6.25. The van der Waals surface area contributed by atoms with E-state index in [-0.39, 0.29) is 11.1 Å². The van der Waals surface area contributed by atoms with Crippen LogP contribution in [0.1, 0.15) is 16.7 Å². The third-order valence-electron chi connectivity index (χ3n) is 6.25. The monoisotopic (exact) mass is 467 g/mol. The zero-order valence-electron chi connectivity index (χ0n) is 18.4. The van der Waals surface area contributed by atoms with Gasteiger partial charge >= 0.3 is 6.18 Å². The Balaban J connectivity index is 1.54. The number of aromatic nitrogens is 2. The summed E-state index contributed by atoms with van der Waals surface area (Å²) in [6.45, 7) is 3.13. The van der Waals surface area contributed by atoms with Gasteiger partial charge in [-0.05, 0) is 41.0 Å². The minimum absolute atomic E-state index is 0.208. The molecule has 1 aromatic heterocycles. The average molecular weight is 467 g/mol. The lowest BCUT2D eigenvalue weighted by Crippen LogP contribution is -2.43. The Hall–Kier alpha value is -3.20. The van der Waals surface area contributed by atoms with E-state index in [0.717, 1.165) is 18.8 Å². The van der Waals surface area contributed by atoms with E-state index in [1.807, 2.05) is 30.3 Å². The molecule has 1 N–H and O–H groups in total. The van der Waals surface area contributed by atoms with Crippen LogP contribution in [0, 0.1) is 0 Å². The third kappa shape index (κ3) is 4.09. The predicted octanol–water partition coefficient (Wildman–Crippen LogP) is 4.66. The fourth-order valence-electron chi connectivity index (χ4n) is 4.44. The molecule has 1 fully saturated rings. The van der Waals surface area contributed by atoms with E-state index in [4.69, 9.17) is 4.74 Å². The van der Waals surface area contributed by atoms with Crippen LogP contribution < -0.4 is 0 Å². The lowest BCUT2D eigenvalue weighted by molar-refractivity contribution is -0.248. The lowest BCUT2D eigenvalue weighted by atomic mass is 9.84. The van der Waals surface area contributed by atoms with Gasteiger partial charge in [0.2, 0.25) is 5.60 Å². The van der Waals surface area contributed by atoms with Gasteiger partial charge in [0.1, 0.15) is 0 Å². The molecule has 1 unspecified atom stereocenters. The molecule has 0 spiro atoms. The van der Waals surface area contributed by atoms with Gasteiger partial charge in [0, 0.05) is 25.0 Å². The fourth-order valence-corrected chi connectivity index (χ4v) is 4.44. The fraction of sp³-hybridized carbons (Fsp3) is 0.269. The number of aliphatic hydroxyl groups is 1. The highest BCUT2D eigenvalue weighted by atomic mass is 19.4. The second-order valence-corrected chi connectivity index (χ2v) is 8.46. The van der Waals surface area contributed by atoms with E-state index >= 15 is 0 Å². The van der Waals surface area contributed by atoms with Crippen LogP contribution in [0.15, 0.2) is 79.0 Å². The molecule has 0 saturated carbocycles. The zero-order chi connectivity index (χ0) is 23.8.